The van der Waals surface area contributed by atoms with Gasteiger partial charge < -0.3 is 14.4 Å². The number of benzene rings is 1. The van der Waals surface area contributed by atoms with Crippen molar-refractivity contribution in [2.45, 2.75) is 13.5 Å². The van der Waals surface area contributed by atoms with Crippen molar-refractivity contribution in [2.24, 2.45) is 0 Å². The summed E-state index contributed by atoms with van der Waals surface area (Å²) in [5.41, 5.74) is 0.121. The van der Waals surface area contributed by atoms with Gasteiger partial charge in [-0.25, -0.2) is 4.39 Å². The first-order valence-electron chi connectivity index (χ1n) is 7.21. The highest BCUT2D eigenvalue weighted by Crippen LogP contribution is 2.09. The van der Waals surface area contributed by atoms with Gasteiger partial charge in [0.25, 0.3) is 11.5 Å². The zero-order chi connectivity index (χ0) is 17.1. The summed E-state index contributed by atoms with van der Waals surface area (Å²) in [7, 11) is 0. The molecule has 7 heteroatoms. The van der Waals surface area contributed by atoms with E-state index in [1.165, 1.54) is 22.8 Å². The lowest BCUT2D eigenvalue weighted by atomic mass is 10.2. The third-order valence-corrected chi connectivity index (χ3v) is 3.38. The van der Waals surface area contributed by atoms with Crippen LogP contribution in [0, 0.1) is 12.7 Å². The highest BCUT2D eigenvalue weighted by Gasteiger charge is 2.14. The molecule has 0 saturated carbocycles. The summed E-state index contributed by atoms with van der Waals surface area (Å²) in [6.45, 7) is 1.86. The number of rotatable bonds is 4. The van der Waals surface area contributed by atoms with Gasteiger partial charge in [0, 0.05) is 12.3 Å². The van der Waals surface area contributed by atoms with Crippen LogP contribution in [0.5, 0.6) is 0 Å². The molecule has 0 saturated heterocycles. The third kappa shape index (κ3) is 3.40. The smallest absolute Gasteiger partial charge is 0.263 e. The quantitative estimate of drug-likeness (QED) is 0.799. The average Bonchev–Trinajstić information content (AvgIpc) is 2.94. The van der Waals surface area contributed by atoms with E-state index < -0.39 is 11.5 Å². The number of hydrogen-bond donors (Lipinski definition) is 1. The molecule has 1 N–H and O–H groups in total. The molecule has 3 aromatic rings. The SMILES string of the molecule is Cc1cc(NC(=O)c2cccn(Cc3cccc(F)c3)c2=O)no1. The Bertz CT molecular complexity index is 946. The Balaban J connectivity index is 1.85. The Morgan fingerprint density at radius 3 is 2.83 bits per heavy atom. The van der Waals surface area contributed by atoms with Crippen molar-refractivity contribution in [1.82, 2.24) is 9.72 Å². The molecule has 1 aromatic carbocycles. The number of aryl methyl sites for hydroxylation is 1. The Hall–Kier alpha value is -3.22. The van der Waals surface area contributed by atoms with Gasteiger partial charge in [-0.3, -0.25) is 9.59 Å². The molecule has 0 aliphatic rings. The molecule has 0 fully saturated rings. The van der Waals surface area contributed by atoms with Crippen molar-refractivity contribution < 1.29 is 13.7 Å². The second-order valence-electron chi connectivity index (χ2n) is 5.26. The lowest BCUT2D eigenvalue weighted by Crippen LogP contribution is -2.29. The Kier molecular flexibility index (Phi) is 4.24. The second-order valence-corrected chi connectivity index (χ2v) is 5.26. The first-order chi connectivity index (χ1) is 11.5. The number of anilines is 1. The number of halogens is 1. The number of nitrogens with one attached hydrogen (secondary N) is 1. The van der Waals surface area contributed by atoms with E-state index in [-0.39, 0.29) is 23.7 Å². The molecule has 2 aromatic heterocycles. The van der Waals surface area contributed by atoms with Gasteiger partial charge in [-0.15, -0.1) is 0 Å². The topological polar surface area (TPSA) is 77.1 Å². The van der Waals surface area contributed by atoms with Gasteiger partial charge in [-0.2, -0.15) is 0 Å². The van der Waals surface area contributed by atoms with E-state index in [4.69, 9.17) is 4.52 Å². The zero-order valence-corrected chi connectivity index (χ0v) is 12.8. The van der Waals surface area contributed by atoms with Gasteiger partial charge in [0.15, 0.2) is 5.82 Å². The van der Waals surface area contributed by atoms with Gasteiger partial charge >= 0.3 is 0 Å². The minimum absolute atomic E-state index is 0.0328. The molecule has 0 aliphatic heterocycles. The number of amides is 1. The normalized spacial score (nSPS) is 10.6. The summed E-state index contributed by atoms with van der Waals surface area (Å²) in [5, 5.41) is 6.16. The van der Waals surface area contributed by atoms with Crippen molar-refractivity contribution in [3.8, 4) is 0 Å². The van der Waals surface area contributed by atoms with Crippen LogP contribution in [0.15, 0.2) is 58.0 Å². The van der Waals surface area contributed by atoms with Crippen molar-refractivity contribution >= 4 is 11.7 Å². The summed E-state index contributed by atoms with van der Waals surface area (Å²) >= 11 is 0. The standard InChI is InChI=1S/C17H14FN3O3/c1-11-8-15(20-24-11)19-16(22)14-6-3-7-21(17(14)23)10-12-4-2-5-13(18)9-12/h2-9H,10H2,1H3,(H,19,20,22). The van der Waals surface area contributed by atoms with E-state index in [1.54, 1.807) is 37.4 Å². The highest BCUT2D eigenvalue weighted by atomic mass is 19.1. The van der Waals surface area contributed by atoms with Crippen LogP contribution < -0.4 is 10.9 Å². The van der Waals surface area contributed by atoms with Gasteiger partial charge in [0.1, 0.15) is 17.1 Å². The van der Waals surface area contributed by atoms with Gasteiger partial charge in [-0.05, 0) is 36.8 Å². The fraction of sp³-hybridized carbons (Fsp3) is 0.118. The van der Waals surface area contributed by atoms with Gasteiger partial charge in [-0.1, -0.05) is 17.3 Å². The number of carbonyl (C=O) groups excluding carboxylic acids is 1. The third-order valence-electron chi connectivity index (χ3n) is 3.38. The van der Waals surface area contributed by atoms with Crippen molar-refractivity contribution in [1.29, 1.82) is 0 Å². The van der Waals surface area contributed by atoms with E-state index in [0.29, 0.717) is 11.3 Å². The van der Waals surface area contributed by atoms with Crippen LogP contribution >= 0.6 is 0 Å². The van der Waals surface area contributed by atoms with E-state index in [1.807, 2.05) is 0 Å². The van der Waals surface area contributed by atoms with E-state index in [2.05, 4.69) is 10.5 Å². The molecule has 0 aliphatic carbocycles. The maximum absolute atomic E-state index is 13.3. The first-order valence-corrected chi connectivity index (χ1v) is 7.21. The van der Waals surface area contributed by atoms with Crippen LogP contribution in [0.4, 0.5) is 10.2 Å². The molecular weight excluding hydrogens is 313 g/mol. The van der Waals surface area contributed by atoms with Crippen LogP contribution in [0.2, 0.25) is 0 Å². The maximum atomic E-state index is 13.3. The molecule has 0 spiro atoms. The molecule has 24 heavy (non-hydrogen) atoms. The maximum Gasteiger partial charge on any atom is 0.263 e. The summed E-state index contributed by atoms with van der Waals surface area (Å²) in [6.07, 6.45) is 1.55. The van der Waals surface area contributed by atoms with Crippen LogP contribution in [-0.2, 0) is 6.54 Å². The molecule has 0 unspecified atom stereocenters. The van der Waals surface area contributed by atoms with Crippen molar-refractivity contribution in [3.63, 3.8) is 0 Å². The van der Waals surface area contributed by atoms with Gasteiger partial charge in [0.2, 0.25) is 0 Å². The lowest BCUT2D eigenvalue weighted by molar-refractivity contribution is 0.102. The minimum atomic E-state index is -0.582. The van der Waals surface area contributed by atoms with Crippen LogP contribution in [0.25, 0.3) is 0 Å². The van der Waals surface area contributed by atoms with E-state index >= 15 is 0 Å². The van der Waals surface area contributed by atoms with Crippen molar-refractivity contribution in [2.75, 3.05) is 5.32 Å². The monoisotopic (exact) mass is 327 g/mol. The fourth-order valence-corrected chi connectivity index (χ4v) is 2.28. The summed E-state index contributed by atoms with van der Waals surface area (Å²) in [5.74, 6) is -0.183. The molecule has 1 amide bonds. The van der Waals surface area contributed by atoms with E-state index in [0.717, 1.165) is 0 Å². The Morgan fingerprint density at radius 1 is 1.29 bits per heavy atom. The number of pyridine rings is 1. The molecule has 0 radical (unpaired) electrons. The van der Waals surface area contributed by atoms with Crippen LogP contribution in [0.3, 0.4) is 0 Å². The number of hydrogen-bond acceptors (Lipinski definition) is 4. The molecule has 6 nitrogen and oxygen atoms in total. The average molecular weight is 327 g/mol. The summed E-state index contributed by atoms with van der Waals surface area (Å²) < 4.78 is 19.5. The zero-order valence-electron chi connectivity index (χ0n) is 12.8. The predicted molar refractivity (Wildman–Crippen MR) is 85.4 cm³/mol. The molecule has 2 heterocycles. The summed E-state index contributed by atoms with van der Waals surface area (Å²) in [4.78, 5) is 24.7. The number of nitrogens with zero attached hydrogens (tertiary/aromatic N) is 2. The molecular formula is C17H14FN3O3. The Morgan fingerprint density at radius 2 is 2.12 bits per heavy atom. The second kappa shape index (κ2) is 6.49. The lowest BCUT2D eigenvalue weighted by Gasteiger charge is -2.08. The minimum Gasteiger partial charge on any atom is -0.360 e. The number of carbonyl (C=O) groups is 1. The molecule has 0 atom stereocenters. The molecule has 122 valence electrons. The molecule has 3 rings (SSSR count). The number of aromatic nitrogens is 2. The largest absolute Gasteiger partial charge is 0.360 e. The van der Waals surface area contributed by atoms with Crippen LogP contribution in [0.1, 0.15) is 21.7 Å². The predicted octanol–water partition coefficient (Wildman–Crippen LogP) is 2.58. The Labute approximate surface area is 136 Å². The summed E-state index contributed by atoms with van der Waals surface area (Å²) in [6, 6.07) is 10.5. The van der Waals surface area contributed by atoms with Gasteiger partial charge in [0.05, 0.1) is 6.54 Å². The highest BCUT2D eigenvalue weighted by molar-refractivity contribution is 6.03. The van der Waals surface area contributed by atoms with Crippen molar-refractivity contribution in [3.05, 3.63) is 81.7 Å². The van der Waals surface area contributed by atoms with Crippen LogP contribution in [-0.4, -0.2) is 15.6 Å². The first kappa shape index (κ1) is 15.7. The molecule has 0 bridgehead atoms. The fourth-order valence-electron chi connectivity index (χ4n) is 2.28. The van der Waals surface area contributed by atoms with E-state index in [9.17, 15) is 14.0 Å².